The molecule has 0 aliphatic rings. The van der Waals surface area contributed by atoms with Gasteiger partial charge in [-0.1, -0.05) is 0 Å². The second kappa shape index (κ2) is 5.83. The van der Waals surface area contributed by atoms with Gasteiger partial charge in [-0.25, -0.2) is 4.98 Å². The molecule has 0 saturated heterocycles. The number of H-pyrrole nitrogens is 1. The Hall–Kier alpha value is -0.740. The van der Waals surface area contributed by atoms with E-state index >= 15 is 0 Å². The van der Waals surface area contributed by atoms with Crippen molar-refractivity contribution in [3.63, 3.8) is 0 Å². The molecule has 1 aromatic rings. The Balaban J connectivity index is 0.00000144. The van der Waals surface area contributed by atoms with Crippen molar-refractivity contribution in [2.24, 2.45) is 0 Å². The van der Waals surface area contributed by atoms with E-state index < -0.39 is 11.3 Å². The summed E-state index contributed by atoms with van der Waals surface area (Å²) in [4.78, 5) is 17.5. The van der Waals surface area contributed by atoms with Crippen LogP contribution in [-0.2, 0) is 16.0 Å². The van der Waals surface area contributed by atoms with Crippen LogP contribution in [0, 0.1) is 0 Å². The molecule has 1 aromatic heterocycles. The number of rotatable bonds is 3. The first-order valence-electron chi connectivity index (χ1n) is 3.43. The summed E-state index contributed by atoms with van der Waals surface area (Å²) < 4.78 is 4.46. The monoisotopic (exact) mass is 224 g/mol. The number of carbonyl (C=O) groups excluding carboxylic acids is 1. The number of ether oxygens (including phenoxy) is 1. The quantitative estimate of drug-likeness (QED) is 0.620. The number of esters is 1. The van der Waals surface area contributed by atoms with Gasteiger partial charge in [0.15, 0.2) is 0 Å². The van der Waals surface area contributed by atoms with Crippen LogP contribution >= 0.6 is 24.0 Å². The van der Waals surface area contributed by atoms with Crippen molar-refractivity contribution >= 4 is 30.0 Å². The zero-order valence-electron chi connectivity index (χ0n) is 6.99. The van der Waals surface area contributed by atoms with Crippen LogP contribution < -0.4 is 0 Å². The number of nitrogens with zero attached hydrogens (tertiary/aromatic N) is 1. The molecule has 0 aliphatic heterocycles. The van der Waals surface area contributed by atoms with Crippen LogP contribution in [0.3, 0.4) is 0 Å². The summed E-state index contributed by atoms with van der Waals surface area (Å²) in [5.74, 6) is -0.425. The first kappa shape index (κ1) is 12.3. The Morgan fingerprint density at radius 1 is 1.85 bits per heavy atom. The Labute approximate surface area is 87.1 Å². The standard InChI is InChI=1S/C7H9ClN2O2.ClH/c1-12-7(11)6(8)2-5-3-9-4-10-5;/h3-4,6H,2H2,1H3,(H,9,10);1H. The normalized spacial score (nSPS) is 11.5. The van der Waals surface area contributed by atoms with Gasteiger partial charge in [0.05, 0.1) is 13.4 Å². The van der Waals surface area contributed by atoms with Crippen molar-refractivity contribution in [1.29, 1.82) is 0 Å². The first-order valence-corrected chi connectivity index (χ1v) is 3.87. The third-order valence-electron chi connectivity index (χ3n) is 1.41. The van der Waals surface area contributed by atoms with Crippen LogP contribution in [0.5, 0.6) is 0 Å². The summed E-state index contributed by atoms with van der Waals surface area (Å²) in [6, 6.07) is 0. The molecule has 0 fully saturated rings. The largest absolute Gasteiger partial charge is 0.468 e. The minimum absolute atomic E-state index is 0. The topological polar surface area (TPSA) is 55.0 Å². The summed E-state index contributed by atoms with van der Waals surface area (Å²) in [5.41, 5.74) is 0.820. The predicted octanol–water partition coefficient (Wildman–Crippen LogP) is 1.15. The summed E-state index contributed by atoms with van der Waals surface area (Å²) in [5, 5.41) is -0.643. The average molecular weight is 225 g/mol. The fourth-order valence-electron chi connectivity index (χ4n) is 0.801. The smallest absolute Gasteiger partial charge is 0.324 e. The SMILES string of the molecule is COC(=O)C(Cl)Cc1cnc[nH]1.Cl. The third kappa shape index (κ3) is 3.65. The van der Waals surface area contributed by atoms with E-state index in [9.17, 15) is 4.79 Å². The van der Waals surface area contributed by atoms with E-state index in [2.05, 4.69) is 14.7 Å². The number of methoxy groups -OCH3 is 1. The lowest BCUT2D eigenvalue weighted by Gasteiger charge is -2.04. The third-order valence-corrected chi connectivity index (χ3v) is 1.74. The van der Waals surface area contributed by atoms with Crippen molar-refractivity contribution in [2.75, 3.05) is 7.11 Å². The fourth-order valence-corrected chi connectivity index (χ4v) is 1.06. The molecule has 1 heterocycles. The molecule has 0 saturated carbocycles. The highest BCUT2D eigenvalue weighted by molar-refractivity contribution is 6.29. The molecule has 0 bridgehead atoms. The molecule has 0 aromatic carbocycles. The zero-order chi connectivity index (χ0) is 8.97. The van der Waals surface area contributed by atoms with Gasteiger partial charge in [0.1, 0.15) is 5.38 Å². The number of carbonyl (C=O) groups is 1. The first-order chi connectivity index (χ1) is 5.74. The second-order valence-electron chi connectivity index (χ2n) is 2.27. The molecular weight excluding hydrogens is 215 g/mol. The van der Waals surface area contributed by atoms with Crippen LogP contribution in [0.4, 0.5) is 0 Å². The highest BCUT2D eigenvalue weighted by Crippen LogP contribution is 2.06. The van der Waals surface area contributed by atoms with E-state index in [-0.39, 0.29) is 12.4 Å². The molecule has 0 radical (unpaired) electrons. The molecule has 1 N–H and O–H groups in total. The lowest BCUT2D eigenvalue weighted by atomic mass is 10.2. The van der Waals surface area contributed by atoms with Gasteiger partial charge in [0.25, 0.3) is 0 Å². The molecule has 0 spiro atoms. The van der Waals surface area contributed by atoms with Gasteiger partial charge in [-0.05, 0) is 0 Å². The number of hydrogen-bond donors (Lipinski definition) is 1. The maximum atomic E-state index is 10.8. The summed E-state index contributed by atoms with van der Waals surface area (Å²) in [6.45, 7) is 0. The number of imidazole rings is 1. The van der Waals surface area contributed by atoms with E-state index in [0.717, 1.165) is 5.69 Å². The number of aromatic nitrogens is 2. The average Bonchev–Trinajstić information content (AvgIpc) is 2.55. The molecule has 0 amide bonds. The zero-order valence-corrected chi connectivity index (χ0v) is 8.56. The second-order valence-corrected chi connectivity index (χ2v) is 2.80. The van der Waals surface area contributed by atoms with E-state index in [1.165, 1.54) is 13.4 Å². The number of nitrogens with one attached hydrogen (secondary N) is 1. The molecule has 13 heavy (non-hydrogen) atoms. The number of halogens is 2. The van der Waals surface area contributed by atoms with Crippen molar-refractivity contribution < 1.29 is 9.53 Å². The molecule has 1 rings (SSSR count). The van der Waals surface area contributed by atoms with Gasteiger partial charge in [-0.15, -0.1) is 24.0 Å². The maximum absolute atomic E-state index is 10.8. The van der Waals surface area contributed by atoms with Crippen LogP contribution in [0.25, 0.3) is 0 Å². The van der Waals surface area contributed by atoms with Gasteiger partial charge < -0.3 is 9.72 Å². The molecule has 1 atom stereocenters. The Morgan fingerprint density at radius 3 is 3.00 bits per heavy atom. The highest BCUT2D eigenvalue weighted by atomic mass is 35.5. The molecule has 1 unspecified atom stereocenters. The van der Waals surface area contributed by atoms with Crippen LogP contribution in [0.2, 0.25) is 0 Å². The molecule has 74 valence electrons. The van der Waals surface area contributed by atoms with Crippen LogP contribution in [-0.4, -0.2) is 28.4 Å². The van der Waals surface area contributed by atoms with E-state index in [4.69, 9.17) is 11.6 Å². The van der Waals surface area contributed by atoms with Crippen molar-refractivity contribution in [3.8, 4) is 0 Å². The van der Waals surface area contributed by atoms with E-state index in [0.29, 0.717) is 6.42 Å². The summed E-state index contributed by atoms with van der Waals surface area (Å²) in [7, 11) is 1.31. The number of hydrogen-bond acceptors (Lipinski definition) is 3. The Kier molecular flexibility index (Phi) is 5.50. The van der Waals surface area contributed by atoms with E-state index in [1.54, 1.807) is 6.20 Å². The lowest BCUT2D eigenvalue weighted by molar-refractivity contribution is -0.140. The lowest BCUT2D eigenvalue weighted by Crippen LogP contribution is -2.18. The van der Waals surface area contributed by atoms with Crippen LogP contribution in [0.1, 0.15) is 5.69 Å². The minimum atomic E-state index is -0.643. The van der Waals surface area contributed by atoms with Gasteiger partial charge in [-0.3, -0.25) is 4.79 Å². The fraction of sp³-hybridized carbons (Fsp3) is 0.429. The van der Waals surface area contributed by atoms with Gasteiger partial charge in [0.2, 0.25) is 0 Å². The molecule has 4 nitrogen and oxygen atoms in total. The van der Waals surface area contributed by atoms with Gasteiger partial charge in [-0.2, -0.15) is 0 Å². The Morgan fingerprint density at radius 2 is 2.54 bits per heavy atom. The molecule has 6 heteroatoms. The number of aromatic amines is 1. The van der Waals surface area contributed by atoms with Crippen LogP contribution in [0.15, 0.2) is 12.5 Å². The molecule has 0 aliphatic carbocycles. The summed E-state index contributed by atoms with van der Waals surface area (Å²) in [6.07, 6.45) is 3.57. The maximum Gasteiger partial charge on any atom is 0.324 e. The highest BCUT2D eigenvalue weighted by Gasteiger charge is 2.16. The predicted molar refractivity (Wildman–Crippen MR) is 51.2 cm³/mol. The molecular formula is C7H10Cl2N2O2. The Bertz CT molecular complexity index is 251. The van der Waals surface area contributed by atoms with Crippen molar-refractivity contribution in [3.05, 3.63) is 18.2 Å². The van der Waals surface area contributed by atoms with Gasteiger partial charge in [0, 0.05) is 18.3 Å². The minimum Gasteiger partial charge on any atom is -0.468 e. The number of alkyl halides is 1. The van der Waals surface area contributed by atoms with Crippen molar-refractivity contribution in [2.45, 2.75) is 11.8 Å². The van der Waals surface area contributed by atoms with Crippen molar-refractivity contribution in [1.82, 2.24) is 9.97 Å². The van der Waals surface area contributed by atoms with E-state index in [1.807, 2.05) is 0 Å². The van der Waals surface area contributed by atoms with Gasteiger partial charge >= 0.3 is 5.97 Å². The summed E-state index contributed by atoms with van der Waals surface area (Å²) >= 11 is 5.70.